The molecule has 2 atom stereocenters. The van der Waals surface area contributed by atoms with Crippen molar-refractivity contribution in [3.8, 4) is 0 Å². The molecule has 0 saturated carbocycles. The first kappa shape index (κ1) is 14.8. The molecule has 1 saturated heterocycles. The highest BCUT2D eigenvalue weighted by molar-refractivity contribution is 5.83. The van der Waals surface area contributed by atoms with Crippen LogP contribution in [0.3, 0.4) is 0 Å². The van der Waals surface area contributed by atoms with E-state index in [1.807, 2.05) is 6.07 Å². The molecule has 1 fully saturated rings. The molecule has 0 unspecified atom stereocenters. The van der Waals surface area contributed by atoms with Gasteiger partial charge in [-0.3, -0.25) is 9.59 Å². The van der Waals surface area contributed by atoms with E-state index < -0.39 is 29.9 Å². The lowest BCUT2D eigenvalue weighted by Gasteiger charge is -2.15. The number of aliphatic carboxylic acids is 2. The van der Waals surface area contributed by atoms with Crippen molar-refractivity contribution in [2.75, 3.05) is 13.1 Å². The molecule has 1 aliphatic rings. The quantitative estimate of drug-likeness (QED) is 0.859. The average molecular weight is 293 g/mol. The van der Waals surface area contributed by atoms with Gasteiger partial charge in [0.25, 0.3) is 0 Å². The Morgan fingerprint density at radius 3 is 2.05 bits per heavy atom. The zero-order chi connectivity index (χ0) is 15.4. The lowest BCUT2D eigenvalue weighted by atomic mass is 9.97. The van der Waals surface area contributed by atoms with Crippen molar-refractivity contribution in [2.45, 2.75) is 6.61 Å². The smallest absolute Gasteiger partial charge is 0.410 e. The van der Waals surface area contributed by atoms with Gasteiger partial charge < -0.3 is 19.8 Å². The molecule has 2 N–H and O–H groups in total. The van der Waals surface area contributed by atoms with E-state index in [0.717, 1.165) is 10.5 Å². The Kier molecular flexibility index (Phi) is 4.42. The van der Waals surface area contributed by atoms with Crippen LogP contribution in [0.25, 0.3) is 0 Å². The van der Waals surface area contributed by atoms with Gasteiger partial charge in [0.15, 0.2) is 0 Å². The van der Waals surface area contributed by atoms with Crippen molar-refractivity contribution in [3.05, 3.63) is 35.9 Å². The van der Waals surface area contributed by atoms with Crippen molar-refractivity contribution in [1.29, 1.82) is 0 Å². The number of hydrogen-bond acceptors (Lipinski definition) is 4. The van der Waals surface area contributed by atoms with E-state index in [-0.39, 0.29) is 19.7 Å². The van der Waals surface area contributed by atoms with E-state index >= 15 is 0 Å². The molecular weight excluding hydrogens is 278 g/mol. The van der Waals surface area contributed by atoms with Gasteiger partial charge in [-0.1, -0.05) is 30.3 Å². The number of nitrogens with zero attached hydrogens (tertiary/aromatic N) is 1. The Bertz CT molecular complexity index is 522. The van der Waals surface area contributed by atoms with Gasteiger partial charge >= 0.3 is 18.0 Å². The molecule has 1 amide bonds. The van der Waals surface area contributed by atoms with Crippen molar-refractivity contribution >= 4 is 18.0 Å². The Labute approximate surface area is 120 Å². The molecule has 1 heterocycles. The minimum absolute atomic E-state index is 0.0612. The minimum atomic E-state index is -1.22. The summed E-state index contributed by atoms with van der Waals surface area (Å²) < 4.78 is 5.07. The van der Waals surface area contributed by atoms with Gasteiger partial charge in [0.05, 0.1) is 11.8 Å². The largest absolute Gasteiger partial charge is 0.481 e. The van der Waals surface area contributed by atoms with E-state index in [1.165, 1.54) is 0 Å². The lowest BCUT2D eigenvalue weighted by Crippen LogP contribution is -2.30. The van der Waals surface area contributed by atoms with Crippen LogP contribution in [0.5, 0.6) is 0 Å². The molecule has 21 heavy (non-hydrogen) atoms. The third-order valence-electron chi connectivity index (χ3n) is 3.42. The summed E-state index contributed by atoms with van der Waals surface area (Å²) in [6.45, 7) is -0.245. The van der Waals surface area contributed by atoms with Crippen LogP contribution in [0.15, 0.2) is 30.3 Å². The van der Waals surface area contributed by atoms with Gasteiger partial charge in [-0.15, -0.1) is 0 Å². The van der Waals surface area contributed by atoms with Crippen LogP contribution < -0.4 is 0 Å². The third-order valence-corrected chi connectivity index (χ3v) is 3.42. The fourth-order valence-electron chi connectivity index (χ4n) is 2.26. The Hall–Kier alpha value is -2.57. The first-order chi connectivity index (χ1) is 9.99. The summed E-state index contributed by atoms with van der Waals surface area (Å²) >= 11 is 0. The monoisotopic (exact) mass is 293 g/mol. The maximum atomic E-state index is 11.9. The van der Waals surface area contributed by atoms with E-state index in [0.29, 0.717) is 0 Å². The van der Waals surface area contributed by atoms with Crippen molar-refractivity contribution in [3.63, 3.8) is 0 Å². The van der Waals surface area contributed by atoms with Crippen LogP contribution in [0.1, 0.15) is 5.56 Å². The Morgan fingerprint density at radius 2 is 1.57 bits per heavy atom. The van der Waals surface area contributed by atoms with Crippen LogP contribution in [0, 0.1) is 11.8 Å². The van der Waals surface area contributed by atoms with Crippen molar-refractivity contribution in [1.82, 2.24) is 4.90 Å². The van der Waals surface area contributed by atoms with E-state index in [4.69, 9.17) is 14.9 Å². The minimum Gasteiger partial charge on any atom is -0.481 e. The number of ether oxygens (including phenoxy) is 1. The number of carbonyl (C=O) groups is 3. The predicted molar refractivity (Wildman–Crippen MR) is 70.5 cm³/mol. The average Bonchev–Trinajstić information content (AvgIpc) is 2.91. The number of rotatable bonds is 4. The van der Waals surface area contributed by atoms with Crippen molar-refractivity contribution < 1.29 is 29.3 Å². The molecule has 0 aromatic heterocycles. The number of carboxylic acid groups (broad SMARTS) is 2. The predicted octanol–water partition coefficient (Wildman–Crippen LogP) is 1.04. The number of amides is 1. The van der Waals surface area contributed by atoms with Crippen LogP contribution in [0.4, 0.5) is 4.79 Å². The van der Waals surface area contributed by atoms with E-state index in [9.17, 15) is 14.4 Å². The van der Waals surface area contributed by atoms with Gasteiger partial charge in [0.2, 0.25) is 0 Å². The Balaban J connectivity index is 1.94. The third kappa shape index (κ3) is 3.50. The number of carboxylic acids is 2. The SMILES string of the molecule is O=C(O)[C@@H]1CN(C(=O)OCc2ccccc2)C[C@H]1C(=O)O. The van der Waals surface area contributed by atoms with E-state index in [2.05, 4.69) is 0 Å². The summed E-state index contributed by atoms with van der Waals surface area (Å²) in [6, 6.07) is 9.02. The topological polar surface area (TPSA) is 104 Å². The maximum absolute atomic E-state index is 11.9. The zero-order valence-electron chi connectivity index (χ0n) is 11.1. The summed E-state index contributed by atoms with van der Waals surface area (Å²) in [7, 11) is 0. The zero-order valence-corrected chi connectivity index (χ0v) is 11.1. The second-order valence-corrected chi connectivity index (χ2v) is 4.83. The standard InChI is InChI=1S/C14H15NO6/c16-12(17)10-6-15(7-11(10)13(18)19)14(20)21-8-9-4-2-1-3-5-9/h1-5,10-11H,6-8H2,(H,16,17)(H,18,19)/t10-,11-/m1/s1. The lowest BCUT2D eigenvalue weighted by molar-refractivity contribution is -0.151. The van der Waals surface area contributed by atoms with Gasteiger partial charge in [0, 0.05) is 13.1 Å². The highest BCUT2D eigenvalue weighted by Crippen LogP contribution is 2.24. The van der Waals surface area contributed by atoms with Gasteiger partial charge in [-0.2, -0.15) is 0 Å². The normalized spacial score (nSPS) is 21.0. The first-order valence-corrected chi connectivity index (χ1v) is 6.40. The van der Waals surface area contributed by atoms with Crippen LogP contribution in [-0.2, 0) is 20.9 Å². The molecule has 112 valence electrons. The molecule has 7 heteroatoms. The highest BCUT2D eigenvalue weighted by atomic mass is 16.6. The summed E-state index contributed by atoms with van der Waals surface area (Å²) in [4.78, 5) is 35.0. The number of carbonyl (C=O) groups excluding carboxylic acids is 1. The molecule has 0 radical (unpaired) electrons. The fraction of sp³-hybridized carbons (Fsp3) is 0.357. The molecule has 1 aromatic rings. The summed E-state index contributed by atoms with van der Waals surface area (Å²) in [6.07, 6.45) is -0.700. The molecule has 2 rings (SSSR count). The Morgan fingerprint density at radius 1 is 1.05 bits per heavy atom. The molecular formula is C14H15NO6. The fourth-order valence-corrected chi connectivity index (χ4v) is 2.26. The molecule has 0 bridgehead atoms. The van der Waals surface area contributed by atoms with Gasteiger partial charge in [-0.05, 0) is 5.56 Å². The number of hydrogen-bond donors (Lipinski definition) is 2. The number of benzene rings is 1. The maximum Gasteiger partial charge on any atom is 0.410 e. The van der Waals surface area contributed by atoms with Crippen LogP contribution in [-0.4, -0.2) is 46.2 Å². The summed E-state index contributed by atoms with van der Waals surface area (Å²) in [5, 5.41) is 18.0. The van der Waals surface area contributed by atoms with Crippen molar-refractivity contribution in [2.24, 2.45) is 11.8 Å². The summed E-state index contributed by atoms with van der Waals surface area (Å²) in [5.41, 5.74) is 0.801. The van der Waals surface area contributed by atoms with Crippen LogP contribution >= 0.6 is 0 Å². The molecule has 1 aliphatic heterocycles. The first-order valence-electron chi connectivity index (χ1n) is 6.40. The second-order valence-electron chi connectivity index (χ2n) is 4.83. The second kappa shape index (κ2) is 6.25. The highest BCUT2D eigenvalue weighted by Gasteiger charge is 2.44. The molecule has 7 nitrogen and oxygen atoms in total. The molecule has 0 aliphatic carbocycles. The number of likely N-dealkylation sites (tertiary alicyclic amines) is 1. The molecule has 0 spiro atoms. The van der Waals surface area contributed by atoms with Gasteiger partial charge in [-0.25, -0.2) is 4.79 Å². The summed E-state index contributed by atoms with van der Waals surface area (Å²) in [5.74, 6) is -4.65. The van der Waals surface area contributed by atoms with Gasteiger partial charge in [0.1, 0.15) is 6.61 Å². The van der Waals surface area contributed by atoms with Crippen LogP contribution in [0.2, 0.25) is 0 Å². The molecule has 1 aromatic carbocycles. The van der Waals surface area contributed by atoms with E-state index in [1.54, 1.807) is 24.3 Å².